The molecule has 0 aliphatic carbocycles. The van der Waals surface area contributed by atoms with Crippen LogP contribution in [0.5, 0.6) is 0 Å². The molecule has 0 bridgehead atoms. The van der Waals surface area contributed by atoms with E-state index in [0.717, 1.165) is 12.0 Å². The fourth-order valence-corrected chi connectivity index (χ4v) is 2.11. The summed E-state index contributed by atoms with van der Waals surface area (Å²) >= 11 is 0. The van der Waals surface area contributed by atoms with Crippen molar-refractivity contribution in [3.05, 3.63) is 59.4 Å². The molecule has 0 aliphatic heterocycles. The van der Waals surface area contributed by atoms with Crippen molar-refractivity contribution >= 4 is 5.91 Å². The van der Waals surface area contributed by atoms with Gasteiger partial charge in [0.05, 0.1) is 0 Å². The van der Waals surface area contributed by atoms with Crippen LogP contribution in [0.1, 0.15) is 23.2 Å². The summed E-state index contributed by atoms with van der Waals surface area (Å²) in [6.45, 7) is 2.66. The summed E-state index contributed by atoms with van der Waals surface area (Å²) < 4.78 is 2.05. The summed E-state index contributed by atoms with van der Waals surface area (Å²) in [6.07, 6.45) is 3.31. The molecule has 3 nitrogen and oxygen atoms in total. The maximum atomic E-state index is 11.8. The second kappa shape index (κ2) is 6.23. The summed E-state index contributed by atoms with van der Waals surface area (Å²) in [5, 5.41) is 2.96. The van der Waals surface area contributed by atoms with Crippen molar-refractivity contribution in [1.82, 2.24) is 9.88 Å². The van der Waals surface area contributed by atoms with Crippen LogP contribution in [0.4, 0.5) is 0 Å². The highest BCUT2D eigenvalue weighted by Crippen LogP contribution is 2.05. The van der Waals surface area contributed by atoms with E-state index >= 15 is 0 Å². The van der Waals surface area contributed by atoms with Crippen LogP contribution in [0.25, 0.3) is 0 Å². The van der Waals surface area contributed by atoms with Crippen LogP contribution in [0.15, 0.2) is 42.6 Å². The number of aryl methyl sites for hydroxylation is 3. The molecule has 2 aromatic rings. The van der Waals surface area contributed by atoms with Gasteiger partial charge in [-0.15, -0.1) is 0 Å². The first-order valence-electron chi connectivity index (χ1n) is 6.57. The fraction of sp³-hybridized carbons (Fsp3) is 0.312. The van der Waals surface area contributed by atoms with E-state index < -0.39 is 0 Å². The van der Waals surface area contributed by atoms with Crippen LogP contribution in [-0.2, 0) is 24.8 Å². The molecule has 0 atom stereocenters. The van der Waals surface area contributed by atoms with Crippen molar-refractivity contribution in [2.45, 2.75) is 26.3 Å². The van der Waals surface area contributed by atoms with Crippen LogP contribution >= 0.6 is 0 Å². The highest BCUT2D eigenvalue weighted by atomic mass is 16.1. The third kappa shape index (κ3) is 3.98. The van der Waals surface area contributed by atoms with E-state index in [1.54, 1.807) is 0 Å². The molecule has 1 amide bonds. The van der Waals surface area contributed by atoms with E-state index in [4.69, 9.17) is 0 Å². The van der Waals surface area contributed by atoms with E-state index in [1.807, 2.05) is 42.1 Å². The van der Waals surface area contributed by atoms with Gasteiger partial charge < -0.3 is 9.88 Å². The van der Waals surface area contributed by atoms with Crippen LogP contribution in [0.3, 0.4) is 0 Å². The van der Waals surface area contributed by atoms with Gasteiger partial charge in [-0.1, -0.05) is 29.8 Å². The number of carbonyl (C=O) groups is 1. The Morgan fingerprint density at radius 1 is 1.26 bits per heavy atom. The number of hydrogen-bond donors (Lipinski definition) is 1. The predicted molar refractivity (Wildman–Crippen MR) is 76.8 cm³/mol. The Bertz CT molecular complexity index is 557. The zero-order valence-electron chi connectivity index (χ0n) is 11.5. The van der Waals surface area contributed by atoms with Crippen molar-refractivity contribution in [3.8, 4) is 0 Å². The van der Waals surface area contributed by atoms with Gasteiger partial charge in [0.1, 0.15) is 0 Å². The van der Waals surface area contributed by atoms with Gasteiger partial charge in [-0.2, -0.15) is 0 Å². The third-order valence-electron chi connectivity index (χ3n) is 3.23. The number of hydrogen-bond acceptors (Lipinski definition) is 1. The largest absolute Gasteiger partial charge is 0.354 e. The maximum Gasteiger partial charge on any atom is 0.220 e. The zero-order chi connectivity index (χ0) is 13.7. The Labute approximate surface area is 114 Å². The van der Waals surface area contributed by atoms with Gasteiger partial charge in [0, 0.05) is 31.9 Å². The van der Waals surface area contributed by atoms with Gasteiger partial charge >= 0.3 is 0 Å². The van der Waals surface area contributed by atoms with Gasteiger partial charge in [0.2, 0.25) is 5.91 Å². The fourth-order valence-electron chi connectivity index (χ4n) is 2.11. The molecule has 2 rings (SSSR count). The molecule has 0 unspecified atom stereocenters. The Kier molecular flexibility index (Phi) is 4.39. The summed E-state index contributed by atoms with van der Waals surface area (Å²) in [6, 6.07) is 12.2. The first kappa shape index (κ1) is 13.4. The molecule has 0 spiro atoms. The third-order valence-corrected chi connectivity index (χ3v) is 3.23. The lowest BCUT2D eigenvalue weighted by Gasteiger charge is -2.07. The molecular weight excluding hydrogens is 236 g/mol. The Hall–Kier alpha value is -2.03. The van der Waals surface area contributed by atoms with E-state index in [-0.39, 0.29) is 5.91 Å². The minimum Gasteiger partial charge on any atom is -0.354 e. The maximum absolute atomic E-state index is 11.8. The molecule has 1 aromatic carbocycles. The van der Waals surface area contributed by atoms with E-state index in [0.29, 0.717) is 13.0 Å². The normalized spacial score (nSPS) is 10.4. The molecule has 0 saturated heterocycles. The zero-order valence-corrected chi connectivity index (χ0v) is 11.5. The van der Waals surface area contributed by atoms with Gasteiger partial charge in [0.25, 0.3) is 0 Å². The minimum absolute atomic E-state index is 0.0997. The van der Waals surface area contributed by atoms with E-state index in [2.05, 4.69) is 24.4 Å². The number of rotatable bonds is 5. The lowest BCUT2D eigenvalue weighted by Crippen LogP contribution is -2.23. The quantitative estimate of drug-likeness (QED) is 0.876. The summed E-state index contributed by atoms with van der Waals surface area (Å²) in [7, 11) is 2.00. The van der Waals surface area contributed by atoms with Gasteiger partial charge in [0.15, 0.2) is 0 Å². The van der Waals surface area contributed by atoms with Gasteiger partial charge in [-0.25, -0.2) is 0 Å². The molecule has 0 radical (unpaired) electrons. The van der Waals surface area contributed by atoms with Crippen molar-refractivity contribution in [2.24, 2.45) is 7.05 Å². The van der Waals surface area contributed by atoms with Crippen molar-refractivity contribution in [1.29, 1.82) is 0 Å². The average molecular weight is 256 g/mol. The molecule has 0 fully saturated rings. The average Bonchev–Trinajstić information content (AvgIpc) is 2.80. The molecule has 19 heavy (non-hydrogen) atoms. The predicted octanol–water partition coefficient (Wildman–Crippen LogP) is 2.58. The van der Waals surface area contributed by atoms with Crippen molar-refractivity contribution < 1.29 is 4.79 Å². The number of amides is 1. The minimum atomic E-state index is 0.0997. The molecule has 0 aliphatic rings. The highest BCUT2D eigenvalue weighted by molar-refractivity contribution is 5.76. The topological polar surface area (TPSA) is 34.0 Å². The van der Waals surface area contributed by atoms with E-state index in [9.17, 15) is 4.79 Å². The first-order chi connectivity index (χ1) is 9.15. The Morgan fingerprint density at radius 2 is 2.11 bits per heavy atom. The summed E-state index contributed by atoms with van der Waals surface area (Å²) in [5.41, 5.74) is 3.55. The van der Waals surface area contributed by atoms with Crippen LogP contribution in [-0.4, -0.2) is 10.5 Å². The molecule has 1 N–H and O–H groups in total. The van der Waals surface area contributed by atoms with Crippen molar-refractivity contribution in [3.63, 3.8) is 0 Å². The van der Waals surface area contributed by atoms with Gasteiger partial charge in [-0.3, -0.25) is 4.79 Å². The highest BCUT2D eigenvalue weighted by Gasteiger charge is 2.04. The Morgan fingerprint density at radius 3 is 2.79 bits per heavy atom. The number of nitrogens with zero attached hydrogens (tertiary/aromatic N) is 1. The lowest BCUT2D eigenvalue weighted by atomic mass is 10.1. The molecule has 1 heterocycles. The van der Waals surface area contributed by atoms with E-state index in [1.165, 1.54) is 11.3 Å². The lowest BCUT2D eigenvalue weighted by molar-refractivity contribution is -0.121. The number of aromatic nitrogens is 1. The Balaban J connectivity index is 1.77. The van der Waals surface area contributed by atoms with Gasteiger partial charge in [-0.05, 0) is 31.0 Å². The number of carbonyl (C=O) groups excluding carboxylic acids is 1. The van der Waals surface area contributed by atoms with Crippen LogP contribution in [0.2, 0.25) is 0 Å². The molecule has 100 valence electrons. The second-order valence-electron chi connectivity index (χ2n) is 4.88. The monoisotopic (exact) mass is 256 g/mol. The molecular formula is C16H20N2O. The van der Waals surface area contributed by atoms with Crippen LogP contribution < -0.4 is 5.32 Å². The standard InChI is InChI=1S/C16H20N2O/c1-13-5-3-6-14(11-13)12-17-16(19)9-8-15-7-4-10-18(15)2/h3-7,10-11H,8-9,12H2,1-2H3,(H,17,19). The first-order valence-corrected chi connectivity index (χ1v) is 6.57. The SMILES string of the molecule is Cc1cccc(CNC(=O)CCc2cccn2C)c1. The molecule has 1 aromatic heterocycles. The number of benzene rings is 1. The second-order valence-corrected chi connectivity index (χ2v) is 4.88. The number of nitrogens with one attached hydrogen (secondary N) is 1. The summed E-state index contributed by atoms with van der Waals surface area (Å²) in [5.74, 6) is 0.0997. The van der Waals surface area contributed by atoms with Crippen LogP contribution in [0, 0.1) is 6.92 Å². The van der Waals surface area contributed by atoms with Crippen molar-refractivity contribution in [2.75, 3.05) is 0 Å². The molecule has 0 saturated carbocycles. The smallest absolute Gasteiger partial charge is 0.220 e. The summed E-state index contributed by atoms with van der Waals surface area (Å²) in [4.78, 5) is 11.8. The molecule has 3 heteroatoms.